The van der Waals surface area contributed by atoms with Gasteiger partial charge >= 0.3 is 0 Å². The van der Waals surface area contributed by atoms with Crippen molar-refractivity contribution in [2.45, 2.75) is 25.9 Å². The Kier molecular flexibility index (Phi) is 3.52. The van der Waals surface area contributed by atoms with E-state index >= 15 is 0 Å². The first-order valence-corrected chi connectivity index (χ1v) is 8.37. The maximum absolute atomic E-state index is 5.88. The standard InChI is InChI=1S/C17H17N3OS/c1-12(16-18-19-17(21-16)15-7-4-10-22-15)20-9-8-13-5-2-3-6-14(13)11-20/h2-7,10,12H,8-9,11H2,1H3. The highest BCUT2D eigenvalue weighted by Gasteiger charge is 2.25. The van der Waals surface area contributed by atoms with Crippen molar-refractivity contribution in [2.75, 3.05) is 6.54 Å². The van der Waals surface area contributed by atoms with Crippen molar-refractivity contribution in [2.24, 2.45) is 0 Å². The average molecular weight is 311 g/mol. The summed E-state index contributed by atoms with van der Waals surface area (Å²) >= 11 is 1.62. The lowest BCUT2D eigenvalue weighted by Crippen LogP contribution is -2.33. The normalized spacial score (nSPS) is 16.4. The molecule has 2 aromatic heterocycles. The van der Waals surface area contributed by atoms with Gasteiger partial charge in [0.1, 0.15) is 0 Å². The van der Waals surface area contributed by atoms with E-state index in [1.807, 2.05) is 17.5 Å². The van der Waals surface area contributed by atoms with E-state index in [4.69, 9.17) is 4.42 Å². The van der Waals surface area contributed by atoms with E-state index in [9.17, 15) is 0 Å². The SMILES string of the molecule is CC(c1nnc(-c2cccs2)o1)N1CCc2ccccc2C1. The molecule has 1 atom stereocenters. The molecule has 3 heterocycles. The molecule has 0 saturated heterocycles. The molecular formula is C17H17N3OS. The summed E-state index contributed by atoms with van der Waals surface area (Å²) in [6.45, 7) is 4.10. The van der Waals surface area contributed by atoms with Crippen LogP contribution in [0.15, 0.2) is 46.2 Å². The van der Waals surface area contributed by atoms with E-state index in [0.717, 1.165) is 24.4 Å². The highest BCUT2D eigenvalue weighted by atomic mass is 32.1. The molecule has 112 valence electrons. The van der Waals surface area contributed by atoms with Gasteiger partial charge in [0.15, 0.2) is 0 Å². The summed E-state index contributed by atoms with van der Waals surface area (Å²) in [7, 11) is 0. The molecule has 4 rings (SSSR count). The topological polar surface area (TPSA) is 42.2 Å². The molecule has 1 aliphatic rings. The quantitative estimate of drug-likeness (QED) is 0.735. The lowest BCUT2D eigenvalue weighted by molar-refractivity contribution is 0.167. The van der Waals surface area contributed by atoms with Gasteiger partial charge < -0.3 is 4.42 Å². The van der Waals surface area contributed by atoms with E-state index in [-0.39, 0.29) is 6.04 Å². The third kappa shape index (κ3) is 2.46. The summed E-state index contributed by atoms with van der Waals surface area (Å²) in [5.74, 6) is 1.32. The fraction of sp³-hybridized carbons (Fsp3) is 0.294. The molecule has 0 bridgehead atoms. The molecule has 0 amide bonds. The summed E-state index contributed by atoms with van der Waals surface area (Å²) in [6.07, 6.45) is 1.08. The van der Waals surface area contributed by atoms with Gasteiger partial charge in [0.25, 0.3) is 5.89 Å². The average Bonchev–Trinajstić information content (AvgIpc) is 3.24. The number of aromatic nitrogens is 2. The maximum Gasteiger partial charge on any atom is 0.257 e. The summed E-state index contributed by atoms with van der Waals surface area (Å²) in [6, 6.07) is 12.8. The molecule has 3 aromatic rings. The van der Waals surface area contributed by atoms with E-state index in [1.165, 1.54) is 11.1 Å². The number of fused-ring (bicyclic) bond motifs is 1. The summed E-state index contributed by atoms with van der Waals surface area (Å²) in [4.78, 5) is 3.42. The summed E-state index contributed by atoms with van der Waals surface area (Å²) in [5.41, 5.74) is 2.86. The number of nitrogens with zero attached hydrogens (tertiary/aromatic N) is 3. The molecule has 4 nitrogen and oxygen atoms in total. The molecule has 0 N–H and O–H groups in total. The molecule has 0 radical (unpaired) electrons. The van der Waals surface area contributed by atoms with Gasteiger partial charge in [-0.1, -0.05) is 30.3 Å². The molecular weight excluding hydrogens is 294 g/mol. The number of hydrogen-bond donors (Lipinski definition) is 0. The number of benzene rings is 1. The van der Waals surface area contributed by atoms with Crippen LogP contribution in [0.25, 0.3) is 10.8 Å². The number of rotatable bonds is 3. The van der Waals surface area contributed by atoms with Gasteiger partial charge in [0.05, 0.1) is 10.9 Å². The van der Waals surface area contributed by atoms with E-state index < -0.39 is 0 Å². The van der Waals surface area contributed by atoms with Crippen molar-refractivity contribution in [3.05, 3.63) is 58.8 Å². The fourth-order valence-electron chi connectivity index (χ4n) is 2.91. The Labute approximate surface area is 133 Å². The molecule has 1 unspecified atom stereocenters. The van der Waals surface area contributed by atoms with E-state index in [1.54, 1.807) is 11.3 Å². The molecule has 1 aromatic carbocycles. The smallest absolute Gasteiger partial charge is 0.257 e. The van der Waals surface area contributed by atoms with Gasteiger partial charge in [-0.2, -0.15) is 0 Å². The van der Waals surface area contributed by atoms with Gasteiger partial charge in [-0.25, -0.2) is 0 Å². The minimum Gasteiger partial charge on any atom is -0.418 e. The van der Waals surface area contributed by atoms with Crippen LogP contribution in [0.3, 0.4) is 0 Å². The Morgan fingerprint density at radius 1 is 1.14 bits per heavy atom. The molecule has 1 aliphatic heterocycles. The molecule has 5 heteroatoms. The molecule has 0 saturated carbocycles. The largest absolute Gasteiger partial charge is 0.418 e. The third-order valence-electron chi connectivity index (χ3n) is 4.24. The summed E-state index contributed by atoms with van der Waals surface area (Å²) < 4.78 is 5.88. The van der Waals surface area contributed by atoms with Crippen molar-refractivity contribution in [1.82, 2.24) is 15.1 Å². The van der Waals surface area contributed by atoms with Crippen LogP contribution in [0.5, 0.6) is 0 Å². The first-order valence-electron chi connectivity index (χ1n) is 7.49. The van der Waals surface area contributed by atoms with Gasteiger partial charge in [-0.3, -0.25) is 4.90 Å². The minimum atomic E-state index is 0.134. The zero-order chi connectivity index (χ0) is 14.9. The molecule has 0 spiro atoms. The van der Waals surface area contributed by atoms with Crippen molar-refractivity contribution >= 4 is 11.3 Å². The van der Waals surface area contributed by atoms with Crippen LogP contribution in [0.2, 0.25) is 0 Å². The van der Waals surface area contributed by atoms with Crippen molar-refractivity contribution in [1.29, 1.82) is 0 Å². The molecule has 0 aliphatic carbocycles. The van der Waals surface area contributed by atoms with Crippen LogP contribution in [-0.2, 0) is 13.0 Å². The Morgan fingerprint density at radius 2 is 2.00 bits per heavy atom. The van der Waals surface area contributed by atoms with Gasteiger partial charge in [0.2, 0.25) is 5.89 Å². The lowest BCUT2D eigenvalue weighted by atomic mass is 9.99. The lowest BCUT2D eigenvalue weighted by Gasteiger charge is -2.31. The van der Waals surface area contributed by atoms with Gasteiger partial charge in [0, 0.05) is 13.1 Å². The predicted molar refractivity (Wildman–Crippen MR) is 86.6 cm³/mol. The number of thiophene rings is 1. The second-order valence-electron chi connectivity index (χ2n) is 5.59. The monoisotopic (exact) mass is 311 g/mol. The van der Waals surface area contributed by atoms with Crippen LogP contribution in [0.4, 0.5) is 0 Å². The van der Waals surface area contributed by atoms with Gasteiger partial charge in [-0.05, 0) is 35.9 Å². The first-order chi connectivity index (χ1) is 10.8. The third-order valence-corrected chi connectivity index (χ3v) is 5.10. The zero-order valence-corrected chi connectivity index (χ0v) is 13.2. The van der Waals surface area contributed by atoms with Crippen molar-refractivity contribution < 1.29 is 4.42 Å². The second-order valence-corrected chi connectivity index (χ2v) is 6.54. The highest BCUT2D eigenvalue weighted by Crippen LogP contribution is 2.29. The Hall–Kier alpha value is -1.98. The predicted octanol–water partition coefficient (Wildman–Crippen LogP) is 3.92. The van der Waals surface area contributed by atoms with Crippen LogP contribution in [0.1, 0.15) is 30.0 Å². The first kappa shape index (κ1) is 13.7. The zero-order valence-electron chi connectivity index (χ0n) is 12.4. The van der Waals surface area contributed by atoms with Gasteiger partial charge in [-0.15, -0.1) is 21.5 Å². The van der Waals surface area contributed by atoms with Crippen LogP contribution in [0, 0.1) is 0 Å². The maximum atomic E-state index is 5.88. The fourth-order valence-corrected chi connectivity index (χ4v) is 3.55. The second kappa shape index (κ2) is 5.66. The van der Waals surface area contributed by atoms with Crippen molar-refractivity contribution in [3.8, 4) is 10.8 Å². The van der Waals surface area contributed by atoms with E-state index in [2.05, 4.69) is 46.3 Å². The Balaban J connectivity index is 1.54. The van der Waals surface area contributed by atoms with Crippen LogP contribution >= 0.6 is 11.3 Å². The van der Waals surface area contributed by atoms with Crippen LogP contribution < -0.4 is 0 Å². The highest BCUT2D eigenvalue weighted by molar-refractivity contribution is 7.13. The van der Waals surface area contributed by atoms with Crippen LogP contribution in [-0.4, -0.2) is 21.6 Å². The summed E-state index contributed by atoms with van der Waals surface area (Å²) in [5, 5.41) is 10.5. The van der Waals surface area contributed by atoms with E-state index in [0.29, 0.717) is 11.8 Å². The minimum absolute atomic E-state index is 0.134. The Bertz CT molecular complexity index is 766. The molecule has 0 fully saturated rings. The Morgan fingerprint density at radius 3 is 2.82 bits per heavy atom. The number of hydrogen-bond acceptors (Lipinski definition) is 5. The van der Waals surface area contributed by atoms with Crippen molar-refractivity contribution in [3.63, 3.8) is 0 Å². The molecule has 22 heavy (non-hydrogen) atoms.